The van der Waals surface area contributed by atoms with Gasteiger partial charge in [0.15, 0.2) is 0 Å². The van der Waals surface area contributed by atoms with Gasteiger partial charge in [0.05, 0.1) is 0 Å². The summed E-state index contributed by atoms with van der Waals surface area (Å²) in [5.74, 6) is 0.541. The van der Waals surface area contributed by atoms with Gasteiger partial charge in [0.25, 0.3) is 11.5 Å². The van der Waals surface area contributed by atoms with Crippen LogP contribution in [-0.4, -0.2) is 28.5 Å². The minimum absolute atomic E-state index is 0.00553. The van der Waals surface area contributed by atoms with Gasteiger partial charge in [0.2, 0.25) is 0 Å². The van der Waals surface area contributed by atoms with Crippen LogP contribution in [0.25, 0.3) is 10.8 Å². The van der Waals surface area contributed by atoms with Gasteiger partial charge in [-0.2, -0.15) is 0 Å². The van der Waals surface area contributed by atoms with Crippen LogP contribution in [0.1, 0.15) is 61.9 Å². The molecule has 1 amide bonds. The lowest BCUT2D eigenvalue weighted by Gasteiger charge is -2.29. The molecule has 2 fully saturated rings. The summed E-state index contributed by atoms with van der Waals surface area (Å²) in [6.45, 7) is 2.30. The second-order valence-electron chi connectivity index (χ2n) is 7.89. The average molecular weight is 352 g/mol. The Morgan fingerprint density at radius 3 is 2.42 bits per heavy atom. The first kappa shape index (κ1) is 17.3. The summed E-state index contributed by atoms with van der Waals surface area (Å²) in [4.78, 5) is 28.4. The van der Waals surface area contributed by atoms with Crippen LogP contribution in [0.5, 0.6) is 0 Å². The topological polar surface area (TPSA) is 42.3 Å². The lowest BCUT2D eigenvalue weighted by molar-refractivity contribution is 0.0710. The summed E-state index contributed by atoms with van der Waals surface area (Å²) < 4.78 is 1.79. The molecule has 26 heavy (non-hydrogen) atoms. The number of amides is 1. The van der Waals surface area contributed by atoms with Crippen LogP contribution in [-0.2, 0) is 6.54 Å². The molecule has 0 unspecified atom stereocenters. The second-order valence-corrected chi connectivity index (χ2v) is 7.89. The van der Waals surface area contributed by atoms with Crippen molar-refractivity contribution in [3.63, 3.8) is 0 Å². The second kappa shape index (κ2) is 7.65. The first-order chi connectivity index (χ1) is 12.7. The number of hydrogen-bond acceptors (Lipinski definition) is 2. The number of fused-ring (bicyclic) bond motifs is 1. The number of carbonyl (C=O) groups is 1. The van der Waals surface area contributed by atoms with Gasteiger partial charge in [-0.25, -0.2) is 0 Å². The first-order valence-corrected chi connectivity index (χ1v) is 10.2. The fourth-order valence-electron chi connectivity index (χ4n) is 4.54. The van der Waals surface area contributed by atoms with E-state index in [-0.39, 0.29) is 11.5 Å². The lowest BCUT2D eigenvalue weighted by atomic mass is 9.89. The Morgan fingerprint density at radius 1 is 0.962 bits per heavy atom. The van der Waals surface area contributed by atoms with Crippen LogP contribution in [0.2, 0.25) is 0 Å². The van der Waals surface area contributed by atoms with E-state index in [1.54, 1.807) is 4.57 Å². The highest BCUT2D eigenvalue weighted by molar-refractivity contribution is 5.96. The van der Waals surface area contributed by atoms with E-state index in [2.05, 4.69) is 0 Å². The maximum Gasteiger partial charge on any atom is 0.270 e. The highest BCUT2D eigenvalue weighted by atomic mass is 16.2. The zero-order valence-electron chi connectivity index (χ0n) is 15.5. The van der Waals surface area contributed by atoms with Gasteiger partial charge in [0.1, 0.15) is 5.69 Å². The highest BCUT2D eigenvalue weighted by Gasteiger charge is 2.24. The Bertz CT molecular complexity index is 843. The highest BCUT2D eigenvalue weighted by Crippen LogP contribution is 2.26. The van der Waals surface area contributed by atoms with Gasteiger partial charge in [-0.15, -0.1) is 0 Å². The molecule has 1 aliphatic carbocycles. The Labute approximate surface area is 154 Å². The molecule has 0 N–H and O–H groups in total. The van der Waals surface area contributed by atoms with Crippen molar-refractivity contribution in [2.45, 2.75) is 57.9 Å². The average Bonchev–Trinajstić information content (AvgIpc) is 2.71. The number of benzene rings is 1. The van der Waals surface area contributed by atoms with Gasteiger partial charge in [0, 0.05) is 25.0 Å². The number of pyridine rings is 1. The Hall–Kier alpha value is -2.10. The molecule has 4 nitrogen and oxygen atoms in total. The van der Waals surface area contributed by atoms with Crippen molar-refractivity contribution in [2.24, 2.45) is 5.92 Å². The van der Waals surface area contributed by atoms with Crippen LogP contribution >= 0.6 is 0 Å². The molecule has 0 bridgehead atoms. The van der Waals surface area contributed by atoms with E-state index in [0.29, 0.717) is 18.2 Å². The van der Waals surface area contributed by atoms with E-state index in [9.17, 15) is 9.59 Å². The standard InChI is InChI=1S/C22H28N2O2/c25-21-19-12-6-5-11-18(19)15-20(22(26)23-13-7-2-8-14-23)24(21)16-17-9-3-1-4-10-17/h5-6,11-12,15,17H,1-4,7-10,13-14,16H2. The van der Waals surface area contributed by atoms with E-state index in [1.807, 2.05) is 35.2 Å². The number of piperidine rings is 1. The number of nitrogens with zero attached hydrogens (tertiary/aromatic N) is 2. The van der Waals surface area contributed by atoms with Crippen molar-refractivity contribution in [2.75, 3.05) is 13.1 Å². The minimum Gasteiger partial charge on any atom is -0.337 e. The maximum atomic E-state index is 13.2. The summed E-state index contributed by atoms with van der Waals surface area (Å²) in [6, 6.07) is 9.60. The summed E-state index contributed by atoms with van der Waals surface area (Å²) in [6.07, 6.45) is 9.41. The van der Waals surface area contributed by atoms with Crippen LogP contribution < -0.4 is 5.56 Å². The third-order valence-electron chi connectivity index (χ3n) is 6.05. The molecule has 1 aliphatic heterocycles. The van der Waals surface area contributed by atoms with Crippen molar-refractivity contribution in [3.05, 3.63) is 46.4 Å². The molecule has 0 spiro atoms. The summed E-state index contributed by atoms with van der Waals surface area (Å²) >= 11 is 0. The number of hydrogen-bond donors (Lipinski definition) is 0. The normalized spacial score (nSPS) is 19.0. The quantitative estimate of drug-likeness (QED) is 0.830. The van der Waals surface area contributed by atoms with Crippen molar-refractivity contribution in [1.29, 1.82) is 0 Å². The first-order valence-electron chi connectivity index (χ1n) is 10.2. The number of likely N-dealkylation sites (tertiary alicyclic amines) is 1. The van der Waals surface area contributed by atoms with Gasteiger partial charge >= 0.3 is 0 Å². The summed E-state index contributed by atoms with van der Waals surface area (Å²) in [5, 5.41) is 1.59. The van der Waals surface area contributed by atoms with Crippen LogP contribution in [0.4, 0.5) is 0 Å². The molecule has 0 radical (unpaired) electrons. The molecule has 1 saturated heterocycles. The third kappa shape index (κ3) is 3.42. The molecule has 0 atom stereocenters. The third-order valence-corrected chi connectivity index (χ3v) is 6.05. The number of carbonyl (C=O) groups excluding carboxylic acids is 1. The minimum atomic E-state index is -0.00553. The molecule has 4 heteroatoms. The Kier molecular flexibility index (Phi) is 5.09. The van der Waals surface area contributed by atoms with E-state index in [1.165, 1.54) is 25.7 Å². The number of rotatable bonds is 3. The monoisotopic (exact) mass is 352 g/mol. The zero-order valence-corrected chi connectivity index (χ0v) is 15.5. The lowest BCUT2D eigenvalue weighted by Crippen LogP contribution is -2.39. The Morgan fingerprint density at radius 2 is 1.65 bits per heavy atom. The largest absolute Gasteiger partial charge is 0.337 e. The van der Waals surface area contributed by atoms with E-state index in [0.717, 1.165) is 49.5 Å². The van der Waals surface area contributed by atoms with E-state index in [4.69, 9.17) is 0 Å². The van der Waals surface area contributed by atoms with Gasteiger partial charge in [-0.05, 0) is 55.5 Å². The van der Waals surface area contributed by atoms with Gasteiger partial charge < -0.3 is 9.47 Å². The molecule has 4 rings (SSSR count). The molecular formula is C22H28N2O2. The Balaban J connectivity index is 1.76. The molecular weight excluding hydrogens is 324 g/mol. The molecule has 1 aromatic heterocycles. The SMILES string of the molecule is O=C(c1cc2ccccc2c(=O)n1CC1CCCCC1)N1CCCCC1. The zero-order chi connectivity index (χ0) is 17.9. The van der Waals surface area contributed by atoms with Crippen LogP contribution in [0.15, 0.2) is 35.1 Å². The van der Waals surface area contributed by atoms with Gasteiger partial charge in [-0.3, -0.25) is 9.59 Å². The maximum absolute atomic E-state index is 13.2. The fourth-order valence-corrected chi connectivity index (χ4v) is 4.54. The predicted molar refractivity (Wildman–Crippen MR) is 105 cm³/mol. The van der Waals surface area contributed by atoms with Crippen molar-refractivity contribution in [1.82, 2.24) is 9.47 Å². The fraction of sp³-hybridized carbons (Fsp3) is 0.545. The van der Waals surface area contributed by atoms with Crippen molar-refractivity contribution < 1.29 is 4.79 Å². The van der Waals surface area contributed by atoms with E-state index < -0.39 is 0 Å². The predicted octanol–water partition coefficient (Wildman–Crippen LogP) is 4.21. The molecule has 2 aliphatic rings. The molecule has 138 valence electrons. The van der Waals surface area contributed by atoms with Crippen LogP contribution in [0, 0.1) is 5.92 Å². The van der Waals surface area contributed by atoms with Gasteiger partial charge in [-0.1, -0.05) is 37.5 Å². The summed E-state index contributed by atoms with van der Waals surface area (Å²) in [7, 11) is 0. The van der Waals surface area contributed by atoms with E-state index >= 15 is 0 Å². The molecule has 2 heterocycles. The number of aromatic nitrogens is 1. The van der Waals surface area contributed by atoms with Crippen molar-refractivity contribution in [3.8, 4) is 0 Å². The summed E-state index contributed by atoms with van der Waals surface area (Å²) in [5.41, 5.74) is 0.579. The molecule has 1 aromatic carbocycles. The molecule has 2 aromatic rings. The van der Waals surface area contributed by atoms with Crippen LogP contribution in [0.3, 0.4) is 0 Å². The smallest absolute Gasteiger partial charge is 0.270 e. The van der Waals surface area contributed by atoms with Crippen molar-refractivity contribution >= 4 is 16.7 Å². The molecule has 1 saturated carbocycles.